The molecule has 0 bridgehead atoms. The SMILES string of the molecule is CCOC(=O)C1CCCN1c1nc[nH]c(=O)c1Cl. The molecule has 1 aliphatic heterocycles. The number of aromatic amines is 1. The van der Waals surface area contributed by atoms with Crippen molar-refractivity contribution >= 4 is 23.4 Å². The minimum atomic E-state index is -0.406. The molecule has 1 aliphatic rings. The fraction of sp³-hybridized carbons (Fsp3) is 0.545. The molecule has 18 heavy (non-hydrogen) atoms. The molecular formula is C11H14ClN3O3. The summed E-state index contributed by atoms with van der Waals surface area (Å²) in [7, 11) is 0. The number of anilines is 1. The van der Waals surface area contributed by atoms with E-state index in [1.165, 1.54) is 6.33 Å². The third kappa shape index (κ3) is 2.33. The maximum absolute atomic E-state index is 11.8. The van der Waals surface area contributed by atoms with Crippen molar-refractivity contribution in [2.24, 2.45) is 0 Å². The summed E-state index contributed by atoms with van der Waals surface area (Å²) in [5, 5.41) is 0.00805. The number of carbonyl (C=O) groups is 1. The molecule has 0 spiro atoms. The van der Waals surface area contributed by atoms with Gasteiger partial charge in [0, 0.05) is 6.54 Å². The fourth-order valence-electron chi connectivity index (χ4n) is 2.08. The summed E-state index contributed by atoms with van der Waals surface area (Å²) in [6, 6.07) is -0.406. The first kappa shape index (κ1) is 12.9. The minimum absolute atomic E-state index is 0.00805. The van der Waals surface area contributed by atoms with Crippen molar-refractivity contribution in [1.82, 2.24) is 9.97 Å². The first-order chi connectivity index (χ1) is 8.65. The van der Waals surface area contributed by atoms with E-state index < -0.39 is 11.6 Å². The number of ether oxygens (including phenoxy) is 1. The summed E-state index contributed by atoms with van der Waals surface area (Å²) in [6.07, 6.45) is 2.81. The number of nitrogens with zero attached hydrogens (tertiary/aromatic N) is 2. The average molecular weight is 272 g/mol. The van der Waals surface area contributed by atoms with Crippen molar-refractivity contribution in [2.75, 3.05) is 18.1 Å². The van der Waals surface area contributed by atoms with Crippen molar-refractivity contribution in [3.63, 3.8) is 0 Å². The van der Waals surface area contributed by atoms with Crippen LogP contribution in [0.1, 0.15) is 19.8 Å². The highest BCUT2D eigenvalue weighted by molar-refractivity contribution is 6.32. The number of rotatable bonds is 3. The van der Waals surface area contributed by atoms with Crippen LogP contribution < -0.4 is 10.5 Å². The lowest BCUT2D eigenvalue weighted by atomic mass is 10.2. The lowest BCUT2D eigenvalue weighted by Gasteiger charge is -2.24. The summed E-state index contributed by atoms with van der Waals surface area (Å²) in [4.78, 5) is 31.4. The van der Waals surface area contributed by atoms with Crippen LogP contribution in [0.25, 0.3) is 0 Å². The van der Waals surface area contributed by atoms with E-state index in [1.54, 1.807) is 11.8 Å². The Morgan fingerprint density at radius 3 is 3.22 bits per heavy atom. The van der Waals surface area contributed by atoms with Gasteiger partial charge in [0.1, 0.15) is 11.1 Å². The molecule has 1 aromatic heterocycles. The summed E-state index contributed by atoms with van der Waals surface area (Å²) >= 11 is 5.92. The molecule has 0 amide bonds. The largest absolute Gasteiger partial charge is 0.464 e. The fourth-order valence-corrected chi connectivity index (χ4v) is 2.29. The van der Waals surface area contributed by atoms with Crippen LogP contribution in [0.5, 0.6) is 0 Å². The van der Waals surface area contributed by atoms with Crippen LogP contribution in [0, 0.1) is 0 Å². The number of esters is 1. The van der Waals surface area contributed by atoms with Gasteiger partial charge >= 0.3 is 5.97 Å². The van der Waals surface area contributed by atoms with E-state index in [9.17, 15) is 9.59 Å². The quantitative estimate of drug-likeness (QED) is 0.829. The van der Waals surface area contributed by atoms with Gasteiger partial charge in [-0.1, -0.05) is 11.6 Å². The molecule has 0 radical (unpaired) electrons. The van der Waals surface area contributed by atoms with Gasteiger partial charge in [-0.2, -0.15) is 0 Å². The molecule has 6 nitrogen and oxygen atoms in total. The minimum Gasteiger partial charge on any atom is -0.464 e. The van der Waals surface area contributed by atoms with Gasteiger partial charge in [0.05, 0.1) is 12.9 Å². The maximum Gasteiger partial charge on any atom is 0.328 e. The van der Waals surface area contributed by atoms with Crippen molar-refractivity contribution in [2.45, 2.75) is 25.8 Å². The molecule has 98 valence electrons. The van der Waals surface area contributed by atoms with Gasteiger partial charge in [-0.25, -0.2) is 9.78 Å². The highest BCUT2D eigenvalue weighted by atomic mass is 35.5. The van der Waals surface area contributed by atoms with E-state index in [0.717, 1.165) is 6.42 Å². The Hall–Kier alpha value is -1.56. The first-order valence-corrected chi connectivity index (χ1v) is 6.19. The lowest BCUT2D eigenvalue weighted by Crippen LogP contribution is -2.38. The number of aromatic nitrogens is 2. The van der Waals surface area contributed by atoms with Crippen molar-refractivity contribution in [3.05, 3.63) is 21.7 Å². The van der Waals surface area contributed by atoms with E-state index in [0.29, 0.717) is 25.4 Å². The standard InChI is InChI=1S/C11H14ClN3O3/c1-2-18-11(17)7-4-3-5-15(7)9-8(12)10(16)14-6-13-9/h6-7H,2-5H2,1H3,(H,13,14,16). The summed E-state index contributed by atoms with van der Waals surface area (Å²) in [5.74, 6) is 0.0455. The Labute approximate surface area is 109 Å². The Morgan fingerprint density at radius 2 is 2.50 bits per heavy atom. The number of carbonyl (C=O) groups excluding carboxylic acids is 1. The van der Waals surface area contributed by atoms with E-state index in [4.69, 9.17) is 16.3 Å². The molecule has 1 fully saturated rings. The van der Waals surface area contributed by atoms with Crippen LogP contribution in [0.4, 0.5) is 5.82 Å². The molecule has 2 heterocycles. The van der Waals surface area contributed by atoms with E-state index >= 15 is 0 Å². The molecule has 1 aromatic rings. The second-order valence-electron chi connectivity index (χ2n) is 3.97. The van der Waals surface area contributed by atoms with Gasteiger partial charge in [0.2, 0.25) is 0 Å². The monoisotopic (exact) mass is 271 g/mol. The molecular weight excluding hydrogens is 258 g/mol. The first-order valence-electron chi connectivity index (χ1n) is 5.81. The van der Waals surface area contributed by atoms with Crippen LogP contribution in [0.2, 0.25) is 5.02 Å². The molecule has 0 aromatic carbocycles. The Kier molecular flexibility index (Phi) is 3.86. The summed E-state index contributed by atoms with van der Waals surface area (Å²) in [5.41, 5.74) is -0.406. The zero-order valence-electron chi connectivity index (χ0n) is 9.98. The predicted octanol–water partition coefficient (Wildman–Crippen LogP) is 0.955. The molecule has 1 atom stereocenters. The second kappa shape index (κ2) is 5.39. The molecule has 1 saturated heterocycles. The predicted molar refractivity (Wildman–Crippen MR) is 66.9 cm³/mol. The van der Waals surface area contributed by atoms with E-state index in [-0.39, 0.29) is 11.0 Å². The summed E-state index contributed by atoms with van der Waals surface area (Å²) in [6.45, 7) is 2.73. The van der Waals surface area contributed by atoms with Gasteiger partial charge in [-0.3, -0.25) is 4.79 Å². The van der Waals surface area contributed by atoms with Crippen LogP contribution in [-0.2, 0) is 9.53 Å². The topological polar surface area (TPSA) is 75.3 Å². The third-order valence-electron chi connectivity index (χ3n) is 2.86. The number of hydrogen-bond donors (Lipinski definition) is 1. The number of halogens is 1. The number of H-pyrrole nitrogens is 1. The second-order valence-corrected chi connectivity index (χ2v) is 4.35. The molecule has 1 unspecified atom stereocenters. The zero-order chi connectivity index (χ0) is 13.1. The molecule has 2 rings (SSSR count). The van der Waals surface area contributed by atoms with Crippen LogP contribution in [0.15, 0.2) is 11.1 Å². The van der Waals surface area contributed by atoms with Crippen molar-refractivity contribution in [1.29, 1.82) is 0 Å². The van der Waals surface area contributed by atoms with Crippen molar-refractivity contribution in [3.8, 4) is 0 Å². The Morgan fingerprint density at radius 1 is 1.72 bits per heavy atom. The molecule has 0 aliphatic carbocycles. The molecule has 1 N–H and O–H groups in total. The van der Waals surface area contributed by atoms with Gasteiger partial charge in [-0.15, -0.1) is 0 Å². The van der Waals surface area contributed by atoms with Crippen LogP contribution in [0.3, 0.4) is 0 Å². The Bertz CT molecular complexity index is 503. The highest BCUT2D eigenvalue weighted by Gasteiger charge is 2.34. The smallest absolute Gasteiger partial charge is 0.328 e. The maximum atomic E-state index is 11.8. The van der Waals surface area contributed by atoms with Crippen molar-refractivity contribution < 1.29 is 9.53 Å². The molecule has 7 heteroatoms. The van der Waals surface area contributed by atoms with Crippen LogP contribution >= 0.6 is 11.6 Å². The van der Waals surface area contributed by atoms with Gasteiger partial charge in [-0.05, 0) is 19.8 Å². The van der Waals surface area contributed by atoms with E-state index in [2.05, 4.69) is 9.97 Å². The lowest BCUT2D eigenvalue weighted by molar-refractivity contribution is -0.144. The average Bonchev–Trinajstić information content (AvgIpc) is 2.82. The normalized spacial score (nSPS) is 19.0. The number of hydrogen-bond acceptors (Lipinski definition) is 5. The van der Waals surface area contributed by atoms with Gasteiger partial charge in [0.15, 0.2) is 5.82 Å². The highest BCUT2D eigenvalue weighted by Crippen LogP contribution is 2.27. The van der Waals surface area contributed by atoms with Gasteiger partial charge < -0.3 is 14.6 Å². The van der Waals surface area contributed by atoms with Gasteiger partial charge in [0.25, 0.3) is 5.56 Å². The summed E-state index contributed by atoms with van der Waals surface area (Å²) < 4.78 is 5.01. The number of nitrogens with one attached hydrogen (secondary N) is 1. The third-order valence-corrected chi connectivity index (χ3v) is 3.20. The zero-order valence-corrected chi connectivity index (χ0v) is 10.7. The Balaban J connectivity index is 2.29. The molecule has 0 saturated carbocycles. The van der Waals surface area contributed by atoms with E-state index in [1.807, 2.05) is 0 Å². The van der Waals surface area contributed by atoms with Crippen LogP contribution in [-0.4, -0.2) is 35.1 Å².